The molecule has 48 valence electrons. The molecule has 1 nitrogen and oxygen atoms in total. The standard InChI is InChI=1S/C7H14O/c1-5-3-7(5)4-6(2)8/h5-8H,3-4H2,1-2H3. The maximum absolute atomic E-state index is 8.88. The third kappa shape index (κ3) is 1.48. The Morgan fingerprint density at radius 2 is 2.25 bits per heavy atom. The molecule has 1 N–H and O–H groups in total. The fourth-order valence-electron chi connectivity index (χ4n) is 1.17. The van der Waals surface area contributed by atoms with Crippen molar-refractivity contribution < 1.29 is 5.11 Å². The summed E-state index contributed by atoms with van der Waals surface area (Å²) in [5.74, 6) is 1.74. The van der Waals surface area contributed by atoms with E-state index in [0.717, 1.165) is 18.3 Å². The highest BCUT2D eigenvalue weighted by molar-refractivity contribution is 4.83. The predicted molar refractivity (Wildman–Crippen MR) is 33.6 cm³/mol. The van der Waals surface area contributed by atoms with Crippen LogP contribution in [0, 0.1) is 11.8 Å². The topological polar surface area (TPSA) is 20.2 Å². The molecule has 3 unspecified atom stereocenters. The second kappa shape index (κ2) is 2.06. The van der Waals surface area contributed by atoms with E-state index in [4.69, 9.17) is 5.11 Å². The first-order valence-electron chi connectivity index (χ1n) is 3.38. The molecule has 0 amide bonds. The average Bonchev–Trinajstić information content (AvgIpc) is 2.17. The number of aliphatic hydroxyl groups is 1. The predicted octanol–water partition coefficient (Wildman–Crippen LogP) is 1.41. The lowest BCUT2D eigenvalue weighted by Gasteiger charge is -1.99. The molecule has 0 radical (unpaired) electrons. The molecular weight excluding hydrogens is 100 g/mol. The Bertz CT molecular complexity index is 78.5. The fourth-order valence-corrected chi connectivity index (χ4v) is 1.17. The van der Waals surface area contributed by atoms with Crippen LogP contribution in [0.15, 0.2) is 0 Å². The van der Waals surface area contributed by atoms with Crippen LogP contribution in [0.4, 0.5) is 0 Å². The van der Waals surface area contributed by atoms with Crippen molar-refractivity contribution in [2.45, 2.75) is 32.8 Å². The molecule has 0 bridgehead atoms. The molecule has 0 heterocycles. The zero-order chi connectivity index (χ0) is 6.15. The largest absolute Gasteiger partial charge is 0.393 e. The van der Waals surface area contributed by atoms with E-state index in [9.17, 15) is 0 Å². The lowest BCUT2D eigenvalue weighted by molar-refractivity contribution is 0.175. The van der Waals surface area contributed by atoms with E-state index in [2.05, 4.69) is 6.92 Å². The first-order valence-corrected chi connectivity index (χ1v) is 3.38. The van der Waals surface area contributed by atoms with Gasteiger partial charge in [-0.3, -0.25) is 0 Å². The van der Waals surface area contributed by atoms with E-state index in [-0.39, 0.29) is 6.10 Å². The van der Waals surface area contributed by atoms with Crippen LogP contribution in [0.2, 0.25) is 0 Å². The minimum Gasteiger partial charge on any atom is -0.393 e. The first kappa shape index (κ1) is 6.09. The van der Waals surface area contributed by atoms with Gasteiger partial charge in [0.2, 0.25) is 0 Å². The van der Waals surface area contributed by atoms with Gasteiger partial charge in [0.15, 0.2) is 0 Å². The quantitative estimate of drug-likeness (QED) is 0.575. The van der Waals surface area contributed by atoms with E-state index in [0.29, 0.717) is 0 Å². The summed E-state index contributed by atoms with van der Waals surface area (Å²) in [6.07, 6.45) is 2.27. The van der Waals surface area contributed by atoms with Gasteiger partial charge in [-0.1, -0.05) is 6.92 Å². The summed E-state index contributed by atoms with van der Waals surface area (Å²) in [6.45, 7) is 4.11. The highest BCUT2D eigenvalue weighted by Gasteiger charge is 2.32. The summed E-state index contributed by atoms with van der Waals surface area (Å²) in [7, 11) is 0. The highest BCUT2D eigenvalue weighted by Crippen LogP contribution is 2.41. The van der Waals surface area contributed by atoms with E-state index in [1.807, 2.05) is 6.92 Å². The van der Waals surface area contributed by atoms with Gasteiger partial charge in [-0.05, 0) is 31.6 Å². The van der Waals surface area contributed by atoms with Crippen LogP contribution in [0.1, 0.15) is 26.7 Å². The lowest BCUT2D eigenvalue weighted by atomic mass is 10.2. The van der Waals surface area contributed by atoms with E-state index < -0.39 is 0 Å². The third-order valence-corrected chi connectivity index (χ3v) is 1.92. The van der Waals surface area contributed by atoms with Crippen molar-refractivity contribution in [3.8, 4) is 0 Å². The van der Waals surface area contributed by atoms with Crippen LogP contribution in [0.25, 0.3) is 0 Å². The monoisotopic (exact) mass is 114 g/mol. The summed E-state index contributed by atoms with van der Waals surface area (Å²) in [4.78, 5) is 0. The Hall–Kier alpha value is -0.0400. The molecule has 0 aromatic rings. The van der Waals surface area contributed by atoms with Crippen LogP contribution < -0.4 is 0 Å². The van der Waals surface area contributed by atoms with Crippen molar-refractivity contribution in [2.24, 2.45) is 11.8 Å². The van der Waals surface area contributed by atoms with Gasteiger partial charge in [-0.2, -0.15) is 0 Å². The van der Waals surface area contributed by atoms with Gasteiger partial charge < -0.3 is 5.11 Å². The molecule has 8 heavy (non-hydrogen) atoms. The SMILES string of the molecule is CC(O)CC1CC1C. The van der Waals surface area contributed by atoms with Gasteiger partial charge in [0.05, 0.1) is 6.10 Å². The molecule has 0 spiro atoms. The van der Waals surface area contributed by atoms with Gasteiger partial charge >= 0.3 is 0 Å². The van der Waals surface area contributed by atoms with Crippen molar-refractivity contribution in [3.63, 3.8) is 0 Å². The first-order chi connectivity index (χ1) is 3.70. The zero-order valence-electron chi connectivity index (χ0n) is 5.59. The van der Waals surface area contributed by atoms with Crippen LogP contribution in [0.3, 0.4) is 0 Å². The minimum absolute atomic E-state index is 0.0788. The van der Waals surface area contributed by atoms with Gasteiger partial charge in [0.25, 0.3) is 0 Å². The molecule has 1 aliphatic carbocycles. The molecule has 1 fully saturated rings. The highest BCUT2D eigenvalue weighted by atomic mass is 16.3. The van der Waals surface area contributed by atoms with Crippen LogP contribution in [0.5, 0.6) is 0 Å². The van der Waals surface area contributed by atoms with Gasteiger partial charge in [-0.25, -0.2) is 0 Å². The molecule has 0 aromatic carbocycles. The van der Waals surface area contributed by atoms with E-state index >= 15 is 0 Å². The number of hydrogen-bond donors (Lipinski definition) is 1. The number of hydrogen-bond acceptors (Lipinski definition) is 1. The summed E-state index contributed by atoms with van der Waals surface area (Å²) < 4.78 is 0. The molecule has 1 aliphatic rings. The lowest BCUT2D eigenvalue weighted by Crippen LogP contribution is -2.00. The number of aliphatic hydroxyl groups excluding tert-OH is 1. The summed E-state index contributed by atoms with van der Waals surface area (Å²) in [5, 5.41) is 8.88. The minimum atomic E-state index is -0.0788. The summed E-state index contributed by atoms with van der Waals surface area (Å²) >= 11 is 0. The van der Waals surface area contributed by atoms with E-state index in [1.165, 1.54) is 6.42 Å². The summed E-state index contributed by atoms with van der Waals surface area (Å²) in [5.41, 5.74) is 0. The maximum atomic E-state index is 8.88. The van der Waals surface area contributed by atoms with Crippen molar-refractivity contribution in [1.29, 1.82) is 0 Å². The molecule has 3 atom stereocenters. The van der Waals surface area contributed by atoms with Crippen molar-refractivity contribution in [3.05, 3.63) is 0 Å². The molecule has 0 saturated heterocycles. The Morgan fingerprint density at radius 1 is 1.75 bits per heavy atom. The Kier molecular flexibility index (Phi) is 1.57. The zero-order valence-corrected chi connectivity index (χ0v) is 5.59. The maximum Gasteiger partial charge on any atom is 0.0514 e. The molecule has 1 heteroatoms. The van der Waals surface area contributed by atoms with Crippen LogP contribution in [-0.2, 0) is 0 Å². The number of rotatable bonds is 2. The molecule has 1 rings (SSSR count). The smallest absolute Gasteiger partial charge is 0.0514 e. The second-order valence-corrected chi connectivity index (χ2v) is 3.06. The molecule has 0 aliphatic heterocycles. The van der Waals surface area contributed by atoms with Gasteiger partial charge in [-0.15, -0.1) is 0 Å². The fraction of sp³-hybridized carbons (Fsp3) is 1.00. The Labute approximate surface area is 50.7 Å². The van der Waals surface area contributed by atoms with Gasteiger partial charge in [0.1, 0.15) is 0 Å². The average molecular weight is 114 g/mol. The summed E-state index contributed by atoms with van der Waals surface area (Å²) in [6, 6.07) is 0. The Balaban J connectivity index is 2.05. The molecule has 1 saturated carbocycles. The van der Waals surface area contributed by atoms with Gasteiger partial charge in [0, 0.05) is 0 Å². The van der Waals surface area contributed by atoms with Crippen molar-refractivity contribution >= 4 is 0 Å². The van der Waals surface area contributed by atoms with Crippen LogP contribution in [-0.4, -0.2) is 11.2 Å². The molecular formula is C7H14O. The van der Waals surface area contributed by atoms with Crippen molar-refractivity contribution in [1.82, 2.24) is 0 Å². The van der Waals surface area contributed by atoms with E-state index in [1.54, 1.807) is 0 Å². The Morgan fingerprint density at radius 3 is 2.38 bits per heavy atom. The van der Waals surface area contributed by atoms with Crippen LogP contribution >= 0.6 is 0 Å². The normalized spacial score (nSPS) is 39.4. The molecule has 0 aromatic heterocycles. The van der Waals surface area contributed by atoms with Crippen molar-refractivity contribution in [2.75, 3.05) is 0 Å². The third-order valence-electron chi connectivity index (χ3n) is 1.92. The second-order valence-electron chi connectivity index (χ2n) is 3.06.